The molecule has 0 saturated heterocycles. The van der Waals surface area contributed by atoms with E-state index in [4.69, 9.17) is 16.3 Å². The number of nitrogens with one attached hydrogen (secondary N) is 1. The van der Waals surface area contributed by atoms with Crippen LogP contribution in [0, 0.1) is 10.1 Å². The number of nitro groups is 1. The van der Waals surface area contributed by atoms with E-state index in [-0.39, 0.29) is 5.69 Å². The molecule has 3 rings (SSSR count). The Hall–Kier alpha value is -2.97. The van der Waals surface area contributed by atoms with Crippen LogP contribution >= 0.6 is 22.9 Å². The average Bonchev–Trinajstić information content (AvgIpc) is 3.11. The van der Waals surface area contributed by atoms with Gasteiger partial charge in [-0.3, -0.25) is 15.5 Å². The Morgan fingerprint density at radius 3 is 2.77 bits per heavy atom. The zero-order valence-corrected chi connectivity index (χ0v) is 15.1. The Morgan fingerprint density at radius 2 is 2.08 bits per heavy atom. The van der Waals surface area contributed by atoms with Crippen molar-refractivity contribution >= 4 is 40.0 Å². The number of anilines is 1. The Labute approximate surface area is 158 Å². The number of nitro benzene ring substituents is 1. The highest BCUT2D eigenvalue weighted by atomic mass is 35.5. The lowest BCUT2D eigenvalue weighted by Gasteiger charge is -2.06. The molecule has 0 radical (unpaired) electrons. The zero-order chi connectivity index (χ0) is 18.5. The Kier molecular flexibility index (Phi) is 5.45. The molecule has 2 aromatic carbocycles. The first-order valence-corrected chi connectivity index (χ1v) is 8.65. The van der Waals surface area contributed by atoms with E-state index in [9.17, 15) is 10.1 Å². The highest BCUT2D eigenvalue weighted by Gasteiger charge is 2.10. The highest BCUT2D eigenvalue weighted by Crippen LogP contribution is 2.34. The van der Waals surface area contributed by atoms with Crippen molar-refractivity contribution in [3.63, 3.8) is 0 Å². The number of benzene rings is 2. The molecule has 7 nitrogen and oxygen atoms in total. The first kappa shape index (κ1) is 17.8. The molecule has 0 aliphatic carbocycles. The molecule has 132 valence electrons. The van der Waals surface area contributed by atoms with Crippen molar-refractivity contribution in [1.82, 2.24) is 4.98 Å². The van der Waals surface area contributed by atoms with Gasteiger partial charge in [-0.1, -0.05) is 11.6 Å². The van der Waals surface area contributed by atoms with Crippen LogP contribution in [0.3, 0.4) is 0 Å². The second-order valence-electron chi connectivity index (χ2n) is 5.10. The third-order valence-electron chi connectivity index (χ3n) is 3.42. The number of nitrogens with zero attached hydrogens (tertiary/aromatic N) is 3. The van der Waals surface area contributed by atoms with Gasteiger partial charge in [-0.15, -0.1) is 11.3 Å². The van der Waals surface area contributed by atoms with Crippen molar-refractivity contribution in [2.75, 3.05) is 12.5 Å². The number of hydrogen-bond acceptors (Lipinski definition) is 7. The number of hydrazone groups is 1. The fourth-order valence-electron chi connectivity index (χ4n) is 2.17. The third-order valence-corrected chi connectivity index (χ3v) is 4.40. The van der Waals surface area contributed by atoms with Gasteiger partial charge in [0, 0.05) is 28.1 Å². The van der Waals surface area contributed by atoms with Gasteiger partial charge in [0.15, 0.2) is 0 Å². The van der Waals surface area contributed by atoms with Crippen molar-refractivity contribution in [3.8, 4) is 17.0 Å². The lowest BCUT2D eigenvalue weighted by Crippen LogP contribution is -1.92. The minimum atomic E-state index is -0.444. The third kappa shape index (κ3) is 4.16. The van der Waals surface area contributed by atoms with Crippen LogP contribution < -0.4 is 10.2 Å². The summed E-state index contributed by atoms with van der Waals surface area (Å²) in [7, 11) is 1.59. The van der Waals surface area contributed by atoms with Crippen LogP contribution in [0.2, 0.25) is 5.02 Å². The Balaban J connectivity index is 1.71. The maximum Gasteiger partial charge on any atom is 0.269 e. The van der Waals surface area contributed by atoms with Crippen molar-refractivity contribution in [3.05, 3.63) is 68.5 Å². The number of methoxy groups -OCH3 is 1. The van der Waals surface area contributed by atoms with Gasteiger partial charge in [-0.25, -0.2) is 4.98 Å². The molecule has 1 heterocycles. The Morgan fingerprint density at radius 1 is 1.31 bits per heavy atom. The van der Waals surface area contributed by atoms with Gasteiger partial charge < -0.3 is 4.74 Å². The van der Waals surface area contributed by atoms with Gasteiger partial charge in [0.05, 0.1) is 23.9 Å². The fraction of sp³-hybridized carbons (Fsp3) is 0.0588. The van der Waals surface area contributed by atoms with Gasteiger partial charge >= 0.3 is 0 Å². The molecule has 0 fully saturated rings. The van der Waals surface area contributed by atoms with E-state index in [2.05, 4.69) is 15.5 Å². The molecule has 0 amide bonds. The topological polar surface area (TPSA) is 89.6 Å². The number of aromatic nitrogens is 1. The summed E-state index contributed by atoms with van der Waals surface area (Å²) < 4.78 is 5.34. The van der Waals surface area contributed by atoms with Gasteiger partial charge in [-0.05, 0) is 35.9 Å². The van der Waals surface area contributed by atoms with Crippen LogP contribution in [-0.4, -0.2) is 23.2 Å². The lowest BCUT2D eigenvalue weighted by atomic mass is 10.1. The molecule has 3 aromatic rings. The number of thiazole rings is 1. The van der Waals surface area contributed by atoms with E-state index in [1.807, 2.05) is 5.38 Å². The fourth-order valence-corrected chi connectivity index (χ4v) is 3.00. The zero-order valence-electron chi connectivity index (χ0n) is 13.5. The predicted molar refractivity (Wildman–Crippen MR) is 103 cm³/mol. The standard InChI is InChI=1S/C17H13ClN4O3S/c1-25-16-7-4-12(18)8-14(16)15-10-26-17(20-15)21-19-9-11-2-5-13(6-3-11)22(23)24/h2-10H,1H3,(H,20,21)/b19-9-. The second-order valence-corrected chi connectivity index (χ2v) is 6.40. The summed E-state index contributed by atoms with van der Waals surface area (Å²) in [5.74, 6) is 0.681. The average molecular weight is 389 g/mol. The quantitative estimate of drug-likeness (QED) is 0.371. The van der Waals surface area contributed by atoms with Gasteiger partial charge in [0.2, 0.25) is 5.13 Å². The van der Waals surface area contributed by atoms with Crippen LogP contribution in [0.15, 0.2) is 52.9 Å². The molecule has 0 spiro atoms. The van der Waals surface area contributed by atoms with Crippen molar-refractivity contribution in [2.45, 2.75) is 0 Å². The molecular weight excluding hydrogens is 376 g/mol. The number of halogens is 1. The summed E-state index contributed by atoms with van der Waals surface area (Å²) in [6.45, 7) is 0. The largest absolute Gasteiger partial charge is 0.496 e. The van der Waals surface area contributed by atoms with Crippen LogP contribution in [0.5, 0.6) is 5.75 Å². The molecule has 26 heavy (non-hydrogen) atoms. The molecule has 1 aromatic heterocycles. The van der Waals surface area contributed by atoms with Crippen molar-refractivity contribution in [1.29, 1.82) is 0 Å². The number of ether oxygens (including phenoxy) is 1. The summed E-state index contributed by atoms with van der Waals surface area (Å²) in [4.78, 5) is 14.7. The molecule has 9 heteroatoms. The van der Waals surface area contributed by atoms with Crippen LogP contribution in [0.25, 0.3) is 11.3 Å². The second kappa shape index (κ2) is 7.94. The first-order valence-electron chi connectivity index (χ1n) is 7.40. The first-order chi connectivity index (χ1) is 12.6. The minimum absolute atomic E-state index is 0.0372. The van der Waals surface area contributed by atoms with Gasteiger partial charge in [0.25, 0.3) is 5.69 Å². The van der Waals surface area contributed by atoms with Crippen LogP contribution in [0.4, 0.5) is 10.8 Å². The summed E-state index contributed by atoms with van der Waals surface area (Å²) in [6, 6.07) is 11.4. The van der Waals surface area contributed by atoms with E-state index in [1.54, 1.807) is 43.7 Å². The molecular formula is C17H13ClN4O3S. The maximum atomic E-state index is 10.6. The van der Waals surface area contributed by atoms with Crippen molar-refractivity contribution in [2.24, 2.45) is 5.10 Å². The molecule has 0 bridgehead atoms. The summed E-state index contributed by atoms with van der Waals surface area (Å²) in [6.07, 6.45) is 1.56. The van der Waals surface area contributed by atoms with E-state index in [0.717, 1.165) is 16.8 Å². The molecule has 0 unspecified atom stereocenters. The normalized spacial score (nSPS) is 10.8. The van der Waals surface area contributed by atoms with Gasteiger partial charge in [-0.2, -0.15) is 5.10 Å². The Bertz CT molecular complexity index is 957. The van der Waals surface area contributed by atoms with Crippen LogP contribution in [-0.2, 0) is 0 Å². The van der Waals surface area contributed by atoms with E-state index in [1.165, 1.54) is 23.5 Å². The smallest absolute Gasteiger partial charge is 0.269 e. The lowest BCUT2D eigenvalue weighted by molar-refractivity contribution is -0.384. The SMILES string of the molecule is COc1ccc(Cl)cc1-c1csc(N/N=C\c2ccc([N+](=O)[O-])cc2)n1. The molecule has 0 atom stereocenters. The van der Waals surface area contributed by atoms with E-state index in [0.29, 0.717) is 15.9 Å². The summed E-state index contributed by atoms with van der Waals surface area (Å²) in [5, 5.41) is 17.8. The molecule has 0 saturated carbocycles. The highest BCUT2D eigenvalue weighted by molar-refractivity contribution is 7.14. The number of hydrogen-bond donors (Lipinski definition) is 1. The number of non-ortho nitro benzene ring substituents is 1. The number of rotatable bonds is 6. The molecule has 1 N–H and O–H groups in total. The van der Waals surface area contributed by atoms with E-state index < -0.39 is 4.92 Å². The monoisotopic (exact) mass is 388 g/mol. The summed E-state index contributed by atoms with van der Waals surface area (Å²) >= 11 is 7.44. The van der Waals surface area contributed by atoms with E-state index >= 15 is 0 Å². The maximum absolute atomic E-state index is 10.6. The minimum Gasteiger partial charge on any atom is -0.496 e. The van der Waals surface area contributed by atoms with Gasteiger partial charge in [0.1, 0.15) is 5.75 Å². The predicted octanol–water partition coefficient (Wildman–Crippen LogP) is 4.83. The molecule has 0 aliphatic heterocycles. The molecule has 0 aliphatic rings. The van der Waals surface area contributed by atoms with Crippen molar-refractivity contribution < 1.29 is 9.66 Å². The van der Waals surface area contributed by atoms with Crippen LogP contribution in [0.1, 0.15) is 5.56 Å². The summed E-state index contributed by atoms with van der Waals surface area (Å²) in [5.41, 5.74) is 5.13.